The molecular weight excluding hydrogens is 281 g/mol. The third-order valence-corrected chi connectivity index (χ3v) is 2.52. The molecule has 0 atom stereocenters. The van der Waals surface area contributed by atoms with Crippen LogP contribution in [0.1, 0.15) is 5.56 Å². The standard InChI is InChI=1S/C12H14ClF3N2O/c1-18(6-9-2-4-10(13)5-3-9)7-11(19)17-8-12(14,15)16/h2-5H,6-8H2,1H3,(H,17,19). The van der Waals surface area contributed by atoms with Gasteiger partial charge in [0, 0.05) is 11.6 Å². The Morgan fingerprint density at radius 3 is 2.42 bits per heavy atom. The molecule has 0 saturated heterocycles. The minimum atomic E-state index is -4.38. The summed E-state index contributed by atoms with van der Waals surface area (Å²) in [4.78, 5) is 12.9. The van der Waals surface area contributed by atoms with Crippen molar-refractivity contribution in [2.75, 3.05) is 20.1 Å². The van der Waals surface area contributed by atoms with Crippen LogP contribution in [0.25, 0.3) is 0 Å². The minimum absolute atomic E-state index is 0.0985. The quantitative estimate of drug-likeness (QED) is 0.905. The fourth-order valence-corrected chi connectivity index (χ4v) is 1.58. The SMILES string of the molecule is CN(CC(=O)NCC(F)(F)F)Cc1ccc(Cl)cc1. The first kappa shape index (κ1) is 15.8. The summed E-state index contributed by atoms with van der Waals surface area (Å²) in [5, 5.41) is 2.43. The van der Waals surface area contributed by atoms with Crippen LogP contribution in [0.5, 0.6) is 0 Å². The summed E-state index contributed by atoms with van der Waals surface area (Å²) in [6.45, 7) is -0.948. The van der Waals surface area contributed by atoms with Gasteiger partial charge in [-0.25, -0.2) is 0 Å². The lowest BCUT2D eigenvalue weighted by atomic mass is 10.2. The smallest absolute Gasteiger partial charge is 0.346 e. The van der Waals surface area contributed by atoms with Gasteiger partial charge in [-0.3, -0.25) is 9.69 Å². The molecule has 0 unspecified atom stereocenters. The third-order valence-electron chi connectivity index (χ3n) is 2.27. The maximum atomic E-state index is 11.9. The molecule has 1 N–H and O–H groups in total. The van der Waals surface area contributed by atoms with Crippen molar-refractivity contribution < 1.29 is 18.0 Å². The molecule has 0 aliphatic rings. The summed E-state index contributed by atoms with van der Waals surface area (Å²) in [5.74, 6) is -0.659. The Bertz CT molecular complexity index is 420. The van der Waals surface area contributed by atoms with Crippen LogP contribution in [0.15, 0.2) is 24.3 Å². The van der Waals surface area contributed by atoms with Crippen LogP contribution in [-0.4, -0.2) is 37.1 Å². The first-order chi connectivity index (χ1) is 8.76. The van der Waals surface area contributed by atoms with Gasteiger partial charge >= 0.3 is 6.18 Å². The minimum Gasteiger partial charge on any atom is -0.346 e. The van der Waals surface area contributed by atoms with E-state index in [1.165, 1.54) is 0 Å². The number of likely N-dealkylation sites (N-methyl/N-ethyl adjacent to an activating group) is 1. The Morgan fingerprint density at radius 1 is 1.32 bits per heavy atom. The van der Waals surface area contributed by atoms with Gasteiger partial charge in [0.15, 0.2) is 0 Å². The molecule has 0 heterocycles. The summed E-state index contributed by atoms with van der Waals surface area (Å²) < 4.78 is 35.7. The van der Waals surface area contributed by atoms with Gasteiger partial charge in [0.1, 0.15) is 6.54 Å². The van der Waals surface area contributed by atoms with Gasteiger partial charge in [0.25, 0.3) is 0 Å². The summed E-state index contributed by atoms with van der Waals surface area (Å²) in [7, 11) is 1.65. The topological polar surface area (TPSA) is 32.3 Å². The highest BCUT2D eigenvalue weighted by Gasteiger charge is 2.27. The lowest BCUT2D eigenvalue weighted by Gasteiger charge is -2.16. The third kappa shape index (κ3) is 7.03. The maximum Gasteiger partial charge on any atom is 0.405 e. The Labute approximate surface area is 114 Å². The van der Waals surface area contributed by atoms with E-state index in [9.17, 15) is 18.0 Å². The van der Waals surface area contributed by atoms with E-state index < -0.39 is 18.6 Å². The fourth-order valence-electron chi connectivity index (χ4n) is 1.46. The second kappa shape index (κ2) is 6.77. The van der Waals surface area contributed by atoms with Crippen molar-refractivity contribution in [3.8, 4) is 0 Å². The molecule has 106 valence electrons. The van der Waals surface area contributed by atoms with E-state index in [-0.39, 0.29) is 6.54 Å². The molecule has 0 fully saturated rings. The lowest BCUT2D eigenvalue weighted by molar-refractivity contribution is -0.138. The lowest BCUT2D eigenvalue weighted by Crippen LogP contribution is -2.39. The van der Waals surface area contributed by atoms with Crippen LogP contribution in [-0.2, 0) is 11.3 Å². The number of carbonyl (C=O) groups is 1. The fraction of sp³-hybridized carbons (Fsp3) is 0.417. The molecule has 3 nitrogen and oxygen atoms in total. The van der Waals surface area contributed by atoms with E-state index in [0.29, 0.717) is 11.6 Å². The monoisotopic (exact) mass is 294 g/mol. The second-order valence-corrected chi connectivity index (χ2v) is 4.63. The van der Waals surface area contributed by atoms with Gasteiger partial charge in [0.2, 0.25) is 5.91 Å². The highest BCUT2D eigenvalue weighted by atomic mass is 35.5. The van der Waals surface area contributed by atoms with E-state index >= 15 is 0 Å². The van der Waals surface area contributed by atoms with Gasteiger partial charge < -0.3 is 5.32 Å². The van der Waals surface area contributed by atoms with Gasteiger partial charge in [-0.05, 0) is 24.7 Å². The first-order valence-corrected chi connectivity index (χ1v) is 5.90. The van der Waals surface area contributed by atoms with E-state index in [1.807, 2.05) is 5.32 Å². The van der Waals surface area contributed by atoms with Gasteiger partial charge in [0.05, 0.1) is 6.54 Å². The Morgan fingerprint density at radius 2 is 1.89 bits per heavy atom. The highest BCUT2D eigenvalue weighted by molar-refractivity contribution is 6.30. The molecule has 19 heavy (non-hydrogen) atoms. The maximum absolute atomic E-state index is 11.9. The largest absolute Gasteiger partial charge is 0.405 e. The van der Waals surface area contributed by atoms with Gasteiger partial charge in [-0.15, -0.1) is 0 Å². The summed E-state index contributed by atoms with van der Waals surface area (Å²) in [6, 6.07) is 7.03. The zero-order valence-corrected chi connectivity index (χ0v) is 11.1. The molecule has 0 bridgehead atoms. The van der Waals surface area contributed by atoms with Crippen LogP contribution in [0, 0.1) is 0 Å². The van der Waals surface area contributed by atoms with Crippen LogP contribution in [0.4, 0.5) is 13.2 Å². The summed E-state index contributed by atoms with van der Waals surface area (Å²) >= 11 is 5.73. The average Bonchev–Trinajstić information content (AvgIpc) is 2.29. The Hall–Kier alpha value is -1.27. The molecule has 0 aliphatic heterocycles. The zero-order chi connectivity index (χ0) is 14.5. The van der Waals surface area contributed by atoms with Crippen molar-refractivity contribution in [1.29, 1.82) is 0 Å². The normalized spacial score (nSPS) is 11.7. The number of amides is 1. The number of carbonyl (C=O) groups excluding carboxylic acids is 1. The average molecular weight is 295 g/mol. The number of alkyl halides is 3. The molecule has 1 aromatic rings. The number of hydrogen-bond donors (Lipinski definition) is 1. The predicted octanol–water partition coefficient (Wildman–Crippen LogP) is 2.45. The van der Waals surface area contributed by atoms with Crippen molar-refractivity contribution in [3.63, 3.8) is 0 Å². The number of benzene rings is 1. The Kier molecular flexibility index (Phi) is 5.62. The summed E-state index contributed by atoms with van der Waals surface area (Å²) in [6.07, 6.45) is -4.38. The van der Waals surface area contributed by atoms with E-state index in [2.05, 4.69) is 0 Å². The molecule has 1 amide bonds. The summed E-state index contributed by atoms with van der Waals surface area (Å²) in [5.41, 5.74) is 0.926. The van der Waals surface area contributed by atoms with Crippen molar-refractivity contribution in [2.45, 2.75) is 12.7 Å². The van der Waals surface area contributed by atoms with E-state index in [0.717, 1.165) is 5.56 Å². The molecule has 1 rings (SSSR count). The number of nitrogens with one attached hydrogen (secondary N) is 1. The molecule has 0 aromatic heterocycles. The van der Waals surface area contributed by atoms with Crippen molar-refractivity contribution in [3.05, 3.63) is 34.9 Å². The Balaban J connectivity index is 2.36. The molecule has 1 aromatic carbocycles. The van der Waals surface area contributed by atoms with Crippen LogP contribution in [0.2, 0.25) is 5.02 Å². The molecule has 0 radical (unpaired) electrons. The van der Waals surface area contributed by atoms with Crippen LogP contribution < -0.4 is 5.32 Å². The van der Waals surface area contributed by atoms with Crippen molar-refractivity contribution >= 4 is 17.5 Å². The number of hydrogen-bond acceptors (Lipinski definition) is 2. The van der Waals surface area contributed by atoms with Crippen LogP contribution >= 0.6 is 11.6 Å². The van der Waals surface area contributed by atoms with Gasteiger partial charge in [-0.2, -0.15) is 13.2 Å². The molecule has 0 aliphatic carbocycles. The molecular formula is C12H14ClF3N2O. The highest BCUT2D eigenvalue weighted by Crippen LogP contribution is 2.12. The van der Waals surface area contributed by atoms with E-state index in [1.54, 1.807) is 36.2 Å². The first-order valence-electron chi connectivity index (χ1n) is 5.53. The second-order valence-electron chi connectivity index (χ2n) is 4.19. The van der Waals surface area contributed by atoms with Gasteiger partial charge in [-0.1, -0.05) is 23.7 Å². The van der Waals surface area contributed by atoms with Crippen molar-refractivity contribution in [2.24, 2.45) is 0 Å². The van der Waals surface area contributed by atoms with E-state index in [4.69, 9.17) is 11.6 Å². The molecule has 0 saturated carbocycles. The number of halogens is 4. The number of nitrogens with zero attached hydrogens (tertiary/aromatic N) is 1. The zero-order valence-electron chi connectivity index (χ0n) is 10.3. The molecule has 7 heteroatoms. The predicted molar refractivity (Wildman–Crippen MR) is 66.9 cm³/mol. The molecule has 0 spiro atoms. The van der Waals surface area contributed by atoms with Crippen molar-refractivity contribution in [1.82, 2.24) is 10.2 Å². The van der Waals surface area contributed by atoms with Crippen LogP contribution in [0.3, 0.4) is 0 Å². The number of rotatable bonds is 5.